The average Bonchev–Trinajstić information content (AvgIpc) is 3.63. The van der Waals surface area contributed by atoms with E-state index in [0.717, 1.165) is 50.2 Å². The Morgan fingerprint density at radius 2 is 1.32 bits per heavy atom. The Labute approximate surface area is 234 Å². The molecule has 5 heteroatoms. The number of aryl methyl sites for hydroxylation is 1. The second-order valence-corrected chi connectivity index (χ2v) is 10.6. The van der Waals surface area contributed by atoms with Gasteiger partial charge in [-0.25, -0.2) is 9.78 Å². The third kappa shape index (κ3) is 3.62. The first-order chi connectivity index (χ1) is 19.6. The van der Waals surface area contributed by atoms with Gasteiger partial charge in [0.2, 0.25) is 0 Å². The smallest absolute Gasteiger partial charge is 0.316 e. The zero-order chi connectivity index (χ0) is 27.3. The summed E-state index contributed by atoms with van der Waals surface area (Å²) in [6.45, 7) is 5.19. The molecule has 6 aromatic rings. The molecule has 7 rings (SSSR count). The van der Waals surface area contributed by atoms with Crippen LogP contribution in [0.15, 0.2) is 122 Å². The number of carbonyl (C=O) groups is 1. The molecule has 196 valence electrons. The Kier molecular flexibility index (Phi) is 5.67. The van der Waals surface area contributed by atoms with E-state index >= 15 is 0 Å². The number of nitrogens with zero attached hydrogens (tertiary/aromatic N) is 4. The van der Waals surface area contributed by atoms with Crippen LogP contribution in [0.2, 0.25) is 0 Å². The Bertz CT molecular complexity index is 1740. The first-order valence-corrected chi connectivity index (χ1v) is 13.7. The molecule has 0 radical (unpaired) electrons. The fourth-order valence-electron chi connectivity index (χ4n) is 6.31. The molecule has 1 amide bonds. The van der Waals surface area contributed by atoms with Crippen LogP contribution in [0, 0.1) is 13.8 Å². The van der Waals surface area contributed by atoms with Crippen molar-refractivity contribution >= 4 is 16.9 Å². The van der Waals surface area contributed by atoms with Gasteiger partial charge < -0.3 is 9.47 Å². The summed E-state index contributed by atoms with van der Waals surface area (Å²) in [6.07, 6.45) is 1.94. The third-order valence-corrected chi connectivity index (χ3v) is 8.24. The molecule has 1 aliphatic heterocycles. The van der Waals surface area contributed by atoms with Crippen molar-refractivity contribution in [2.45, 2.75) is 32.5 Å². The Morgan fingerprint density at radius 3 is 1.90 bits per heavy atom. The number of hydrogen-bond donors (Lipinski definition) is 0. The number of hydrogen-bond acceptors (Lipinski definition) is 2. The number of rotatable bonds is 6. The van der Waals surface area contributed by atoms with Crippen molar-refractivity contribution < 1.29 is 4.79 Å². The van der Waals surface area contributed by atoms with Crippen LogP contribution in [-0.2, 0) is 18.6 Å². The van der Waals surface area contributed by atoms with Crippen molar-refractivity contribution in [3.05, 3.63) is 161 Å². The molecule has 0 aliphatic carbocycles. The molecule has 0 fully saturated rings. The quantitative estimate of drug-likeness (QED) is 0.216. The highest BCUT2D eigenvalue weighted by atomic mass is 16.2. The predicted octanol–water partition coefficient (Wildman–Crippen LogP) is 7.28. The molecule has 0 N–H and O–H groups in total. The minimum absolute atomic E-state index is 0.00462. The second-order valence-electron chi connectivity index (χ2n) is 10.6. The lowest BCUT2D eigenvalue weighted by Gasteiger charge is -2.38. The minimum Gasteiger partial charge on any atom is -0.316 e. The van der Waals surface area contributed by atoms with E-state index in [2.05, 4.69) is 134 Å². The van der Waals surface area contributed by atoms with Crippen molar-refractivity contribution in [2.75, 3.05) is 0 Å². The van der Waals surface area contributed by atoms with Crippen LogP contribution >= 0.6 is 0 Å². The van der Waals surface area contributed by atoms with E-state index in [9.17, 15) is 4.79 Å². The third-order valence-electron chi connectivity index (χ3n) is 8.24. The van der Waals surface area contributed by atoms with Crippen LogP contribution in [0.25, 0.3) is 10.9 Å². The molecule has 0 saturated heterocycles. The highest BCUT2D eigenvalue weighted by Gasteiger charge is 2.40. The number of amides is 1. The van der Waals surface area contributed by atoms with E-state index in [0.29, 0.717) is 13.1 Å². The van der Waals surface area contributed by atoms with Gasteiger partial charge in [-0.1, -0.05) is 103 Å². The SMILES string of the molecule is Cc1ccc2cc3n(c2c1)C(=O)N(Cc1ncn(C(c2ccccc2)(c2ccccc2)c2ccccc2)c1C)C3. The van der Waals surface area contributed by atoms with Gasteiger partial charge in [0.25, 0.3) is 0 Å². The maximum atomic E-state index is 13.6. The number of aromatic nitrogens is 3. The van der Waals surface area contributed by atoms with Crippen molar-refractivity contribution in [3.63, 3.8) is 0 Å². The lowest BCUT2D eigenvalue weighted by Crippen LogP contribution is -2.38. The van der Waals surface area contributed by atoms with Gasteiger partial charge in [-0.3, -0.25) is 4.57 Å². The molecule has 4 aromatic carbocycles. The van der Waals surface area contributed by atoms with E-state index in [1.54, 1.807) is 0 Å². The average molecular weight is 523 g/mol. The van der Waals surface area contributed by atoms with Crippen molar-refractivity contribution in [2.24, 2.45) is 0 Å². The monoisotopic (exact) mass is 522 g/mol. The summed E-state index contributed by atoms with van der Waals surface area (Å²) >= 11 is 0. The lowest BCUT2D eigenvalue weighted by atomic mass is 9.76. The van der Waals surface area contributed by atoms with E-state index in [1.165, 1.54) is 0 Å². The summed E-state index contributed by atoms with van der Waals surface area (Å²) in [7, 11) is 0. The first-order valence-electron chi connectivity index (χ1n) is 13.7. The van der Waals surface area contributed by atoms with Crippen LogP contribution in [0.4, 0.5) is 4.79 Å². The first kappa shape index (κ1) is 24.2. The van der Waals surface area contributed by atoms with Crippen molar-refractivity contribution in [3.8, 4) is 0 Å². The maximum Gasteiger partial charge on any atom is 0.329 e. The molecule has 0 spiro atoms. The Morgan fingerprint density at radius 1 is 0.750 bits per heavy atom. The van der Waals surface area contributed by atoms with Crippen LogP contribution in [0.1, 0.15) is 39.3 Å². The molecule has 1 aliphatic rings. The van der Waals surface area contributed by atoms with Gasteiger partial charge in [0.05, 0.1) is 30.6 Å². The number of imidazole rings is 1. The van der Waals surface area contributed by atoms with Crippen LogP contribution < -0.4 is 0 Å². The molecule has 2 aromatic heterocycles. The summed E-state index contributed by atoms with van der Waals surface area (Å²) in [4.78, 5) is 20.5. The van der Waals surface area contributed by atoms with E-state index in [1.807, 2.05) is 15.8 Å². The summed E-state index contributed by atoms with van der Waals surface area (Å²) in [5.41, 5.74) is 7.88. The molecule has 0 atom stereocenters. The fraction of sp³-hybridized carbons (Fsp3) is 0.143. The van der Waals surface area contributed by atoms with E-state index in [4.69, 9.17) is 4.98 Å². The number of benzene rings is 4. The maximum absolute atomic E-state index is 13.6. The number of carbonyl (C=O) groups excluding carboxylic acids is 1. The van der Waals surface area contributed by atoms with Gasteiger partial charge in [-0.15, -0.1) is 0 Å². The topological polar surface area (TPSA) is 43.1 Å². The standard InChI is InChI=1S/C35H30N4O/c1-25-18-19-27-21-31-22-37(34(40)39(31)33(27)20-25)23-32-26(2)38(24-36-32)35(28-12-6-3-7-13-28,29-14-8-4-9-15-29)30-16-10-5-11-17-30/h3-21,24H,22-23H2,1-2H3. The summed E-state index contributed by atoms with van der Waals surface area (Å²) in [6, 6.07) is 40.2. The molecule has 3 heterocycles. The summed E-state index contributed by atoms with van der Waals surface area (Å²) in [5.74, 6) is 0. The minimum atomic E-state index is -0.632. The molecule has 40 heavy (non-hydrogen) atoms. The normalized spacial score (nSPS) is 13.2. The molecular formula is C35H30N4O. The van der Waals surface area contributed by atoms with Gasteiger partial charge in [-0.05, 0) is 48.2 Å². The van der Waals surface area contributed by atoms with Gasteiger partial charge in [-0.2, -0.15) is 0 Å². The largest absolute Gasteiger partial charge is 0.329 e. The molecule has 0 saturated carbocycles. The Balaban J connectivity index is 1.34. The van der Waals surface area contributed by atoms with Crippen LogP contribution in [0.3, 0.4) is 0 Å². The van der Waals surface area contributed by atoms with E-state index < -0.39 is 5.54 Å². The molecule has 5 nitrogen and oxygen atoms in total. The Hall–Kier alpha value is -4.90. The molecule has 0 bridgehead atoms. The lowest BCUT2D eigenvalue weighted by molar-refractivity contribution is 0.207. The van der Waals surface area contributed by atoms with Crippen molar-refractivity contribution in [1.82, 2.24) is 19.0 Å². The van der Waals surface area contributed by atoms with Gasteiger partial charge in [0.1, 0.15) is 5.54 Å². The highest BCUT2D eigenvalue weighted by molar-refractivity contribution is 5.95. The van der Waals surface area contributed by atoms with Crippen LogP contribution in [-0.4, -0.2) is 25.0 Å². The highest BCUT2D eigenvalue weighted by Crippen LogP contribution is 2.42. The van der Waals surface area contributed by atoms with Crippen molar-refractivity contribution in [1.29, 1.82) is 0 Å². The summed E-state index contributed by atoms with van der Waals surface area (Å²) in [5, 5.41) is 1.10. The van der Waals surface area contributed by atoms with E-state index in [-0.39, 0.29) is 6.03 Å². The zero-order valence-electron chi connectivity index (χ0n) is 22.7. The van der Waals surface area contributed by atoms with Crippen LogP contribution in [0.5, 0.6) is 0 Å². The second kappa shape index (κ2) is 9.38. The van der Waals surface area contributed by atoms with Gasteiger partial charge >= 0.3 is 6.03 Å². The summed E-state index contributed by atoms with van der Waals surface area (Å²) < 4.78 is 4.14. The van der Waals surface area contributed by atoms with Gasteiger partial charge in [0.15, 0.2) is 0 Å². The van der Waals surface area contributed by atoms with Gasteiger partial charge in [0, 0.05) is 16.8 Å². The molecular weight excluding hydrogens is 492 g/mol. The predicted molar refractivity (Wildman–Crippen MR) is 158 cm³/mol. The number of fused-ring (bicyclic) bond motifs is 3. The zero-order valence-corrected chi connectivity index (χ0v) is 22.7. The fourth-order valence-corrected chi connectivity index (χ4v) is 6.31. The molecule has 0 unspecified atom stereocenters.